The average Bonchev–Trinajstić information content (AvgIpc) is 3.37. The number of methoxy groups -OCH3 is 2. The van der Waals surface area contributed by atoms with E-state index in [1.165, 1.54) is 35.2 Å². The van der Waals surface area contributed by atoms with Crippen molar-refractivity contribution in [1.29, 1.82) is 0 Å². The fourth-order valence-electron chi connectivity index (χ4n) is 3.68. The number of carbonyl (C=O) groups excluding carboxylic acids is 4. The second kappa shape index (κ2) is 11.0. The Morgan fingerprint density at radius 3 is 2.42 bits per heavy atom. The van der Waals surface area contributed by atoms with Gasteiger partial charge in [-0.05, 0) is 29.1 Å². The molecule has 0 unspecified atom stereocenters. The molecule has 0 saturated carbocycles. The third-order valence-electron chi connectivity index (χ3n) is 5.52. The number of hydrogen-bond acceptors (Lipinski definition) is 7. The van der Waals surface area contributed by atoms with Crippen molar-refractivity contribution in [3.63, 3.8) is 0 Å². The van der Waals surface area contributed by atoms with Crippen molar-refractivity contribution in [1.82, 2.24) is 15.1 Å². The number of amides is 3. The fraction of sp³-hybridized carbons (Fsp3) is 0.391. The maximum atomic E-state index is 13.3. The van der Waals surface area contributed by atoms with Gasteiger partial charge in [0, 0.05) is 26.4 Å². The summed E-state index contributed by atoms with van der Waals surface area (Å²) >= 11 is 1.28. The molecule has 176 valence electrons. The summed E-state index contributed by atoms with van der Waals surface area (Å²) in [5.74, 6) is -0.909. The normalized spacial score (nSPS) is 16.6. The van der Waals surface area contributed by atoms with E-state index in [0.717, 1.165) is 5.56 Å². The minimum absolute atomic E-state index is 0.0503. The predicted octanol–water partition coefficient (Wildman–Crippen LogP) is 1.33. The van der Waals surface area contributed by atoms with Crippen molar-refractivity contribution in [3.05, 3.63) is 52.2 Å². The summed E-state index contributed by atoms with van der Waals surface area (Å²) in [4.78, 5) is 54.2. The van der Waals surface area contributed by atoms with Crippen LogP contribution in [0, 0.1) is 0 Å². The highest BCUT2D eigenvalue weighted by molar-refractivity contribution is 7.12. The number of nitrogens with zero attached hydrogens (tertiary/aromatic N) is 2. The first kappa shape index (κ1) is 24.2. The van der Waals surface area contributed by atoms with Crippen molar-refractivity contribution in [2.24, 2.45) is 0 Å². The fourth-order valence-corrected chi connectivity index (χ4v) is 4.36. The largest absolute Gasteiger partial charge is 0.497 e. The molecule has 2 aromatic rings. The molecular formula is C23H27N3O6S. The number of nitrogens with one attached hydrogen (secondary N) is 1. The topological polar surface area (TPSA) is 105 Å². The molecule has 1 aromatic heterocycles. The first-order valence-electron chi connectivity index (χ1n) is 10.4. The Hall–Kier alpha value is -3.40. The second-order valence-corrected chi connectivity index (χ2v) is 8.54. The molecule has 1 N–H and O–H groups in total. The van der Waals surface area contributed by atoms with Gasteiger partial charge < -0.3 is 24.6 Å². The van der Waals surface area contributed by atoms with Gasteiger partial charge in [0.1, 0.15) is 17.8 Å². The Balaban J connectivity index is 1.80. The number of rotatable bonds is 7. The van der Waals surface area contributed by atoms with Crippen LogP contribution in [0.15, 0.2) is 41.8 Å². The molecule has 2 heterocycles. The van der Waals surface area contributed by atoms with Crippen LogP contribution in [-0.4, -0.2) is 79.4 Å². The molecule has 10 heteroatoms. The number of esters is 1. The molecule has 1 fully saturated rings. The Bertz CT molecular complexity index is 992. The zero-order valence-electron chi connectivity index (χ0n) is 18.8. The lowest BCUT2D eigenvalue weighted by Gasteiger charge is -2.40. The summed E-state index contributed by atoms with van der Waals surface area (Å²) in [7, 11) is 2.81. The van der Waals surface area contributed by atoms with Crippen LogP contribution < -0.4 is 10.1 Å². The predicted molar refractivity (Wildman–Crippen MR) is 122 cm³/mol. The molecule has 0 spiro atoms. The van der Waals surface area contributed by atoms with Crippen molar-refractivity contribution < 1.29 is 28.7 Å². The molecule has 2 atom stereocenters. The Kier molecular flexibility index (Phi) is 8.05. The lowest BCUT2D eigenvalue weighted by atomic mass is 10.0. The van der Waals surface area contributed by atoms with Crippen molar-refractivity contribution >= 4 is 35.0 Å². The summed E-state index contributed by atoms with van der Waals surface area (Å²) in [5, 5.41) is 4.52. The van der Waals surface area contributed by atoms with Gasteiger partial charge in [-0.2, -0.15) is 0 Å². The van der Waals surface area contributed by atoms with E-state index in [4.69, 9.17) is 9.47 Å². The number of benzene rings is 1. The van der Waals surface area contributed by atoms with E-state index in [1.807, 2.05) is 0 Å². The van der Waals surface area contributed by atoms with Gasteiger partial charge in [-0.3, -0.25) is 14.4 Å². The summed E-state index contributed by atoms with van der Waals surface area (Å²) < 4.78 is 10.0. The van der Waals surface area contributed by atoms with Crippen LogP contribution in [0.3, 0.4) is 0 Å². The lowest BCUT2D eigenvalue weighted by molar-refractivity contribution is -0.146. The molecule has 3 amide bonds. The quantitative estimate of drug-likeness (QED) is 0.609. The van der Waals surface area contributed by atoms with Gasteiger partial charge in [0.25, 0.3) is 5.91 Å². The van der Waals surface area contributed by atoms with Gasteiger partial charge in [-0.1, -0.05) is 18.2 Å². The van der Waals surface area contributed by atoms with Crippen molar-refractivity contribution in [2.45, 2.75) is 25.4 Å². The highest BCUT2D eigenvalue weighted by atomic mass is 32.1. The van der Waals surface area contributed by atoms with Crippen molar-refractivity contribution in [3.8, 4) is 5.75 Å². The molecule has 3 rings (SSSR count). The van der Waals surface area contributed by atoms with E-state index >= 15 is 0 Å². The molecule has 0 bridgehead atoms. The lowest BCUT2D eigenvalue weighted by Crippen LogP contribution is -2.62. The van der Waals surface area contributed by atoms with Crippen LogP contribution in [0.25, 0.3) is 0 Å². The summed E-state index contributed by atoms with van der Waals surface area (Å²) in [6.45, 7) is 2.03. The SMILES string of the molecule is COC(=O)[C@H](Cc1ccc(OC)cc1)NC(=O)[C@H]1CN(C(C)=O)CCN1C(=O)c1cccs1. The van der Waals surface area contributed by atoms with Crippen molar-refractivity contribution in [2.75, 3.05) is 33.9 Å². The van der Waals surface area contributed by atoms with Gasteiger partial charge in [-0.15, -0.1) is 11.3 Å². The van der Waals surface area contributed by atoms with E-state index in [2.05, 4.69) is 5.32 Å². The Morgan fingerprint density at radius 2 is 1.85 bits per heavy atom. The molecule has 9 nitrogen and oxygen atoms in total. The highest BCUT2D eigenvalue weighted by Gasteiger charge is 2.38. The van der Waals surface area contributed by atoms with Crippen LogP contribution in [-0.2, 0) is 25.5 Å². The van der Waals surface area contributed by atoms with Gasteiger partial charge in [-0.25, -0.2) is 4.79 Å². The molecular weight excluding hydrogens is 446 g/mol. The Labute approximate surface area is 196 Å². The maximum Gasteiger partial charge on any atom is 0.328 e. The van der Waals surface area contributed by atoms with E-state index in [1.54, 1.807) is 48.9 Å². The number of thiophene rings is 1. The zero-order valence-corrected chi connectivity index (χ0v) is 19.6. The van der Waals surface area contributed by atoms with Gasteiger partial charge in [0.15, 0.2) is 0 Å². The number of carbonyl (C=O) groups is 4. The van der Waals surface area contributed by atoms with Crippen LogP contribution in [0.2, 0.25) is 0 Å². The van der Waals surface area contributed by atoms with Crippen LogP contribution >= 0.6 is 11.3 Å². The summed E-state index contributed by atoms with van der Waals surface area (Å²) in [6.07, 6.45) is 0.199. The van der Waals surface area contributed by atoms with E-state index < -0.39 is 24.0 Å². The van der Waals surface area contributed by atoms with Crippen LogP contribution in [0.5, 0.6) is 5.75 Å². The molecule has 1 aromatic carbocycles. The minimum atomic E-state index is -0.956. The minimum Gasteiger partial charge on any atom is -0.497 e. The number of piperazine rings is 1. The highest BCUT2D eigenvalue weighted by Crippen LogP contribution is 2.19. The van der Waals surface area contributed by atoms with E-state index in [-0.39, 0.29) is 31.3 Å². The molecule has 1 saturated heterocycles. The molecule has 33 heavy (non-hydrogen) atoms. The third-order valence-corrected chi connectivity index (χ3v) is 6.38. The van der Waals surface area contributed by atoms with Crippen LogP contribution in [0.1, 0.15) is 22.2 Å². The standard InChI is InChI=1S/C23H27N3O6S/c1-15(27)25-10-11-26(22(29)20-5-4-12-33-20)19(14-25)21(28)24-18(23(30)32-3)13-16-6-8-17(31-2)9-7-16/h4-9,12,18-19H,10-11,13-14H2,1-3H3,(H,24,28)/t18-,19+/m0/s1. The average molecular weight is 474 g/mol. The van der Waals surface area contributed by atoms with Gasteiger partial charge in [0.2, 0.25) is 11.8 Å². The maximum absolute atomic E-state index is 13.3. The Morgan fingerprint density at radius 1 is 1.12 bits per heavy atom. The monoisotopic (exact) mass is 473 g/mol. The van der Waals surface area contributed by atoms with E-state index in [0.29, 0.717) is 17.2 Å². The first-order valence-corrected chi connectivity index (χ1v) is 11.3. The van der Waals surface area contributed by atoms with Gasteiger partial charge >= 0.3 is 5.97 Å². The first-order chi connectivity index (χ1) is 15.8. The van der Waals surface area contributed by atoms with Crippen LogP contribution in [0.4, 0.5) is 0 Å². The summed E-state index contributed by atoms with van der Waals surface area (Å²) in [5.41, 5.74) is 0.798. The summed E-state index contributed by atoms with van der Waals surface area (Å²) in [6, 6.07) is 8.69. The zero-order chi connectivity index (χ0) is 24.0. The number of ether oxygens (including phenoxy) is 2. The smallest absolute Gasteiger partial charge is 0.328 e. The second-order valence-electron chi connectivity index (χ2n) is 7.59. The molecule has 0 aliphatic carbocycles. The number of hydrogen-bond donors (Lipinski definition) is 1. The molecule has 1 aliphatic rings. The molecule has 1 aliphatic heterocycles. The van der Waals surface area contributed by atoms with E-state index in [9.17, 15) is 19.2 Å². The molecule has 0 radical (unpaired) electrons. The van der Waals surface area contributed by atoms with Gasteiger partial charge in [0.05, 0.1) is 25.6 Å². The third kappa shape index (κ3) is 5.89.